The molecule has 4 N–H and O–H groups in total. The van der Waals surface area contributed by atoms with Crippen LogP contribution in [0.25, 0.3) is 44.1 Å². The van der Waals surface area contributed by atoms with Crippen LogP contribution in [0.5, 0.6) is 5.75 Å². The van der Waals surface area contributed by atoms with Gasteiger partial charge in [0.25, 0.3) is 11.5 Å². The number of phosphoric ester groups is 2. The van der Waals surface area contributed by atoms with Gasteiger partial charge in [-0.2, -0.15) is 4.31 Å². The summed E-state index contributed by atoms with van der Waals surface area (Å²) in [6, 6.07) is 36.0. The number of H-pyrrole nitrogens is 1. The summed E-state index contributed by atoms with van der Waals surface area (Å²) in [7, 11) is -6.37. The van der Waals surface area contributed by atoms with Gasteiger partial charge in [-0.15, -0.1) is 0 Å². The first kappa shape index (κ1) is 65.1. The smallest absolute Gasteiger partial charge is 0.481 e. The van der Waals surface area contributed by atoms with Gasteiger partial charge in [0.05, 0.1) is 43.3 Å². The fourth-order valence-corrected chi connectivity index (χ4v) is 15.5. The standard InChI is InChI=1S/C68H74N10O15P2/c1-42-38-78(63(80)46-20-24-58(88-5)57(36-46)77-32-28-59(79)71-66(77)82)43(2)37-76(42)39-44-26-30-75(31-27-44)65-70-56-23-19-45(55-40-74(4)64(81)60-51(55)25-29-69-60)35-54(56)62(72-65)68(92-48-21-22-48,47-13-7-6-8-14-47)41-90-95(86,87)93-94(84,85)89-34-33-73(3)67(83)91-61-52-17-11-9-15-49(52)50-16-10-12-18-53(50)61/h6-20,23-25,29,35-36,40,42-44,48,61,69H,21-22,26-28,30-34,37-39,41H2,1-5H3,(H,84,85)(H,86,87)(H,71,79,82)/t42-,43+,68?/m0/s1. The summed E-state index contributed by atoms with van der Waals surface area (Å²) in [5.41, 5.74) is 5.36. The summed E-state index contributed by atoms with van der Waals surface area (Å²) in [5, 5.41) is 3.51. The molecule has 3 aliphatic heterocycles. The van der Waals surface area contributed by atoms with Crippen LogP contribution in [-0.2, 0) is 49.4 Å². The molecule has 1 saturated carbocycles. The Hall–Kier alpha value is -8.61. The van der Waals surface area contributed by atoms with E-state index in [1.807, 2.05) is 90.7 Å². The second-order valence-electron chi connectivity index (χ2n) is 25.0. The Morgan fingerprint density at radius 2 is 1.48 bits per heavy atom. The number of nitrogens with one attached hydrogen (secondary N) is 2. The number of rotatable bonds is 21. The number of urea groups is 1. The molecule has 4 fully saturated rings. The highest BCUT2D eigenvalue weighted by Crippen LogP contribution is 2.61. The normalized spacial score (nSPS) is 19.8. The lowest BCUT2D eigenvalue weighted by atomic mass is 9.87. The number of carbonyl (C=O) groups is 4. The molecule has 5 aliphatic rings. The number of likely N-dealkylation sites (N-methyl/N-ethyl adjacent to an activating group) is 1. The molecular weight excluding hydrogens is 1260 g/mol. The van der Waals surface area contributed by atoms with E-state index in [0.29, 0.717) is 94.9 Å². The summed E-state index contributed by atoms with van der Waals surface area (Å²) < 4.78 is 64.1. The molecule has 2 aliphatic carbocycles. The van der Waals surface area contributed by atoms with E-state index in [2.05, 4.69) is 27.0 Å². The Morgan fingerprint density at radius 1 is 0.779 bits per heavy atom. The van der Waals surface area contributed by atoms with Gasteiger partial charge in [0.15, 0.2) is 11.7 Å². The Kier molecular flexibility index (Phi) is 18.2. The number of hydrogen-bond donors (Lipinski definition) is 4. The minimum atomic E-state index is -5.56. The van der Waals surface area contributed by atoms with Crippen molar-refractivity contribution in [2.75, 3.05) is 83.0 Å². The number of ether oxygens (including phenoxy) is 3. The lowest BCUT2D eigenvalue weighted by Gasteiger charge is -2.46. The maximum Gasteiger partial charge on any atom is 0.481 e. The fraction of sp³-hybridized carbons (Fsp3) is 0.368. The number of nitrogens with zero attached hydrogens (tertiary/aromatic N) is 8. The van der Waals surface area contributed by atoms with Crippen molar-refractivity contribution >= 4 is 73.0 Å². The van der Waals surface area contributed by atoms with Crippen LogP contribution in [-0.4, -0.2) is 159 Å². The quantitative estimate of drug-likeness (QED) is 0.0487. The number of aryl methyl sites for hydroxylation is 1. The molecule has 0 spiro atoms. The molecule has 6 heterocycles. The van der Waals surface area contributed by atoms with Crippen LogP contribution in [0, 0.1) is 5.92 Å². The molecule has 27 heteroatoms. The number of anilines is 2. The molecule has 5 aromatic carbocycles. The Labute approximate surface area is 547 Å². The van der Waals surface area contributed by atoms with Gasteiger partial charge < -0.3 is 48.2 Å². The van der Waals surface area contributed by atoms with Crippen molar-refractivity contribution in [2.45, 2.75) is 75.8 Å². The molecule has 13 rings (SSSR count). The number of amides is 5. The van der Waals surface area contributed by atoms with Crippen LogP contribution in [0.4, 0.5) is 21.2 Å². The summed E-state index contributed by atoms with van der Waals surface area (Å²) in [6.07, 6.45) is 4.58. The molecule has 0 radical (unpaired) electrons. The largest absolute Gasteiger partial charge is 0.495 e. The van der Waals surface area contributed by atoms with Crippen LogP contribution >= 0.6 is 15.6 Å². The molecule has 3 aromatic heterocycles. The van der Waals surface area contributed by atoms with Crippen LogP contribution in [0.15, 0.2) is 139 Å². The number of hydrogen-bond acceptors (Lipinski definition) is 17. The molecule has 3 saturated heterocycles. The van der Waals surface area contributed by atoms with Crippen molar-refractivity contribution in [3.63, 3.8) is 0 Å². The van der Waals surface area contributed by atoms with E-state index >= 15 is 0 Å². The van der Waals surface area contributed by atoms with E-state index in [1.165, 1.54) is 23.6 Å². The second-order valence-corrected chi connectivity index (χ2v) is 28.1. The van der Waals surface area contributed by atoms with E-state index in [0.717, 1.165) is 52.1 Å². The number of carbonyl (C=O) groups excluding carboxylic acids is 4. The Morgan fingerprint density at radius 3 is 2.19 bits per heavy atom. The Bertz CT molecular complexity index is 4400. The van der Waals surface area contributed by atoms with Crippen LogP contribution < -0.4 is 25.4 Å². The number of aromatic amines is 1. The number of methoxy groups -OCH3 is 1. The molecule has 5 atom stereocenters. The van der Waals surface area contributed by atoms with Gasteiger partial charge in [-0.3, -0.25) is 38.5 Å². The van der Waals surface area contributed by atoms with Crippen molar-refractivity contribution in [3.8, 4) is 28.0 Å². The zero-order valence-corrected chi connectivity index (χ0v) is 55.0. The maximum absolute atomic E-state index is 14.3. The molecule has 3 unspecified atom stereocenters. The molecule has 0 bridgehead atoms. The average molecular weight is 1330 g/mol. The first-order valence-electron chi connectivity index (χ1n) is 31.7. The van der Waals surface area contributed by atoms with Gasteiger partial charge in [-0.25, -0.2) is 28.7 Å². The van der Waals surface area contributed by atoms with Gasteiger partial charge in [0, 0.05) is 124 Å². The van der Waals surface area contributed by atoms with Gasteiger partial charge in [-0.1, -0.05) is 84.9 Å². The predicted octanol–water partition coefficient (Wildman–Crippen LogP) is 9.89. The first-order valence-corrected chi connectivity index (χ1v) is 34.7. The lowest BCUT2D eigenvalue weighted by Crippen LogP contribution is -2.59. The first-order chi connectivity index (χ1) is 45.7. The van der Waals surface area contributed by atoms with Gasteiger partial charge in [-0.05, 0) is 104 Å². The Balaban J connectivity index is 0.740. The highest BCUT2D eigenvalue weighted by Gasteiger charge is 2.48. The molecule has 25 nitrogen and oxygen atoms in total. The highest BCUT2D eigenvalue weighted by atomic mass is 31.3. The van der Waals surface area contributed by atoms with Crippen molar-refractivity contribution < 1.29 is 65.7 Å². The molecule has 5 amide bonds. The van der Waals surface area contributed by atoms with Crippen LogP contribution in [0.1, 0.15) is 84.8 Å². The number of pyridine rings is 1. The zero-order chi connectivity index (χ0) is 66.5. The molecule has 95 heavy (non-hydrogen) atoms. The second kappa shape index (κ2) is 26.5. The van der Waals surface area contributed by atoms with Gasteiger partial charge in [0.1, 0.15) is 11.3 Å². The summed E-state index contributed by atoms with van der Waals surface area (Å²) in [5.74, 6) is 0.494. The van der Waals surface area contributed by atoms with Crippen molar-refractivity contribution in [1.82, 2.24) is 39.5 Å². The van der Waals surface area contributed by atoms with E-state index < -0.39 is 52.7 Å². The topological polar surface area (TPSA) is 290 Å². The number of benzene rings is 5. The average Bonchev–Trinajstić information content (AvgIpc) is 1.55. The van der Waals surface area contributed by atoms with E-state index in [1.54, 1.807) is 61.9 Å². The number of piperidine rings is 1. The summed E-state index contributed by atoms with van der Waals surface area (Å²) in [4.78, 5) is 111. The zero-order valence-electron chi connectivity index (χ0n) is 53.2. The number of imide groups is 1. The van der Waals surface area contributed by atoms with E-state index in [9.17, 15) is 42.9 Å². The lowest BCUT2D eigenvalue weighted by molar-refractivity contribution is -0.120. The minimum absolute atomic E-state index is 0.0110. The molecule has 8 aromatic rings. The third kappa shape index (κ3) is 13.4. The maximum atomic E-state index is 14.3. The van der Waals surface area contributed by atoms with Gasteiger partial charge >= 0.3 is 27.8 Å². The summed E-state index contributed by atoms with van der Waals surface area (Å²) >= 11 is 0. The van der Waals surface area contributed by atoms with Crippen molar-refractivity contribution in [3.05, 3.63) is 172 Å². The minimum Gasteiger partial charge on any atom is -0.495 e. The van der Waals surface area contributed by atoms with E-state index in [4.69, 9.17) is 37.5 Å². The molecule has 496 valence electrons. The SMILES string of the molecule is COc1ccc(C(=O)N2C[C@H](C)N(CC3CCN(c4nc(C(COP(=O)(O)OP(=O)(O)OCCN(C)C(=O)OC5c6ccccc6-c6ccccc65)(OC5CC5)c5ccccc5)c5cc(-c6cn(C)c(=O)c7[nH]ccc67)ccc5n4)CC3)C[C@H]2C)cc1N1CCC(=O)NC1=O. The van der Waals surface area contributed by atoms with Gasteiger partial charge in [0.2, 0.25) is 11.9 Å². The number of fused-ring (bicyclic) bond motifs is 5. The fourth-order valence-electron chi connectivity index (χ4n) is 13.4. The molecular formula is C68H74N10O15P2. The number of phosphoric acid groups is 2. The number of aromatic nitrogens is 4. The third-order valence-electron chi connectivity index (χ3n) is 18.6. The predicted molar refractivity (Wildman–Crippen MR) is 354 cm³/mol. The number of piperazine rings is 1. The van der Waals surface area contributed by atoms with Crippen LogP contribution in [0.2, 0.25) is 0 Å². The summed E-state index contributed by atoms with van der Waals surface area (Å²) in [6.45, 7) is 5.68. The highest BCUT2D eigenvalue weighted by molar-refractivity contribution is 7.61. The van der Waals surface area contributed by atoms with Crippen molar-refractivity contribution in [2.24, 2.45) is 13.0 Å². The van der Waals surface area contributed by atoms with Crippen LogP contribution in [0.3, 0.4) is 0 Å². The monoisotopic (exact) mass is 1330 g/mol. The van der Waals surface area contributed by atoms with Crippen molar-refractivity contribution in [1.29, 1.82) is 0 Å². The van der Waals surface area contributed by atoms with E-state index in [-0.39, 0.29) is 66.7 Å². The third-order valence-corrected chi connectivity index (χ3v) is 21.2.